The number of hydrogen-bond acceptors (Lipinski definition) is 9. The van der Waals surface area contributed by atoms with Crippen molar-refractivity contribution in [3.05, 3.63) is 12.7 Å². The molecular weight excluding hydrogens is 455 g/mol. The zero-order valence-corrected chi connectivity index (χ0v) is 22.0. The van der Waals surface area contributed by atoms with E-state index in [1.165, 1.54) is 11.0 Å². The molecule has 0 aliphatic carbocycles. The summed E-state index contributed by atoms with van der Waals surface area (Å²) in [4.78, 5) is 49.1. The van der Waals surface area contributed by atoms with Gasteiger partial charge < -0.3 is 24.2 Å². The van der Waals surface area contributed by atoms with Crippen molar-refractivity contribution in [3.63, 3.8) is 0 Å². The largest absolute Gasteiger partial charge is 1.00 e. The third-order valence-electron chi connectivity index (χ3n) is 3.55. The minimum atomic E-state index is -4.45. The van der Waals surface area contributed by atoms with Crippen LogP contribution < -0.4 is 34.9 Å². The van der Waals surface area contributed by atoms with Crippen molar-refractivity contribution in [1.29, 1.82) is 0 Å². The van der Waals surface area contributed by atoms with Crippen LogP contribution in [0.2, 0.25) is 0 Å². The van der Waals surface area contributed by atoms with E-state index in [1.54, 1.807) is 20.8 Å². The number of nitrogens with one attached hydrogen (secondary N) is 1. The molecule has 0 radical (unpaired) electrons. The predicted molar refractivity (Wildman–Crippen MR) is 110 cm³/mol. The second kappa shape index (κ2) is 16.2. The van der Waals surface area contributed by atoms with Gasteiger partial charge in [0.05, 0.1) is 28.7 Å². The smallest absolute Gasteiger partial charge is 0.748 e. The maximum absolute atomic E-state index is 12.5. The molecule has 0 fully saturated rings. The van der Waals surface area contributed by atoms with E-state index >= 15 is 0 Å². The first kappa shape index (κ1) is 32.7. The van der Waals surface area contributed by atoms with Crippen LogP contribution in [0.4, 0.5) is 0 Å². The van der Waals surface area contributed by atoms with E-state index in [1.807, 2.05) is 0 Å². The topological polar surface area (TPSA) is 159 Å². The van der Waals surface area contributed by atoms with Crippen LogP contribution in [0.15, 0.2) is 12.7 Å². The first-order valence-electron chi connectivity index (χ1n) is 9.70. The fraction of sp³-hybridized carbons (Fsp3) is 0.684. The minimum absolute atomic E-state index is 0. The van der Waals surface area contributed by atoms with Gasteiger partial charge in [0.2, 0.25) is 11.8 Å². The number of rotatable bonds is 14. The fourth-order valence-electron chi connectivity index (χ4n) is 2.21. The van der Waals surface area contributed by atoms with Crippen LogP contribution in [-0.2, 0) is 38.8 Å². The van der Waals surface area contributed by atoms with Crippen LogP contribution in [0, 0.1) is 0 Å². The quantitative estimate of drug-likeness (QED) is 0.118. The molecule has 1 N–H and O–H groups in total. The summed E-state index contributed by atoms with van der Waals surface area (Å²) in [6, 6.07) is 0. The Morgan fingerprint density at radius 3 is 2.09 bits per heavy atom. The monoisotopic (exact) mass is 486 g/mol. The molecule has 0 rings (SSSR count). The maximum atomic E-state index is 12.5. The Bertz CT molecular complexity index is 748. The molecule has 0 atom stereocenters. The average Bonchev–Trinajstić information content (AvgIpc) is 2.61. The Morgan fingerprint density at radius 2 is 1.59 bits per heavy atom. The van der Waals surface area contributed by atoms with Crippen molar-refractivity contribution in [2.75, 3.05) is 32.0 Å². The van der Waals surface area contributed by atoms with E-state index < -0.39 is 45.2 Å². The molecule has 0 unspecified atom stereocenters. The Labute approximate surface area is 211 Å². The van der Waals surface area contributed by atoms with E-state index in [0.29, 0.717) is 0 Å². The van der Waals surface area contributed by atoms with Gasteiger partial charge in [0.1, 0.15) is 12.2 Å². The normalized spacial score (nSPS) is 11.0. The van der Waals surface area contributed by atoms with Gasteiger partial charge in [0, 0.05) is 32.5 Å². The van der Waals surface area contributed by atoms with Gasteiger partial charge in [-0.25, -0.2) is 8.42 Å². The van der Waals surface area contributed by atoms with Crippen molar-refractivity contribution < 1.29 is 71.2 Å². The second-order valence-electron chi connectivity index (χ2n) is 7.55. The number of esters is 2. The van der Waals surface area contributed by atoms with Gasteiger partial charge in [-0.2, -0.15) is 0 Å². The minimum Gasteiger partial charge on any atom is -0.748 e. The van der Waals surface area contributed by atoms with Crippen LogP contribution in [-0.4, -0.2) is 79.2 Å². The van der Waals surface area contributed by atoms with Gasteiger partial charge in [0.25, 0.3) is 0 Å². The Kier molecular flexibility index (Phi) is 16.5. The van der Waals surface area contributed by atoms with Gasteiger partial charge >= 0.3 is 41.5 Å². The SMILES string of the molecule is C=CCOC(=O)CCN(CCC(=O)OC(C)(C)C)C(=O)CCC(=O)NCCS(=O)(=O)[O-].[Na+]. The number of hydrogen-bond donors (Lipinski definition) is 1. The Balaban J connectivity index is 0. The van der Waals surface area contributed by atoms with Crippen LogP contribution in [0.1, 0.15) is 46.5 Å². The van der Waals surface area contributed by atoms with Crippen molar-refractivity contribution in [2.45, 2.75) is 52.1 Å². The van der Waals surface area contributed by atoms with Gasteiger partial charge in [0.15, 0.2) is 0 Å². The van der Waals surface area contributed by atoms with E-state index in [0.717, 1.165) is 0 Å². The summed E-state index contributed by atoms with van der Waals surface area (Å²) in [7, 11) is -4.45. The molecule has 0 bridgehead atoms. The van der Waals surface area contributed by atoms with E-state index in [9.17, 15) is 32.1 Å². The summed E-state index contributed by atoms with van der Waals surface area (Å²) in [6.07, 6.45) is 0.716. The number of ether oxygens (including phenoxy) is 2. The molecule has 32 heavy (non-hydrogen) atoms. The van der Waals surface area contributed by atoms with Crippen LogP contribution in [0.5, 0.6) is 0 Å². The number of nitrogens with zero attached hydrogens (tertiary/aromatic N) is 1. The molecule has 0 aliphatic rings. The molecule has 0 aliphatic heterocycles. The summed E-state index contributed by atoms with van der Waals surface area (Å²) in [6.45, 7) is 8.20. The molecule has 0 saturated carbocycles. The summed E-state index contributed by atoms with van der Waals surface area (Å²) in [5, 5.41) is 2.24. The van der Waals surface area contributed by atoms with Gasteiger partial charge in [-0.15, -0.1) is 0 Å². The van der Waals surface area contributed by atoms with Gasteiger partial charge in [-0.05, 0) is 20.8 Å². The summed E-state index contributed by atoms with van der Waals surface area (Å²) < 4.78 is 41.6. The van der Waals surface area contributed by atoms with Crippen molar-refractivity contribution >= 4 is 33.9 Å². The molecule has 0 aromatic carbocycles. The molecule has 2 amide bonds. The second-order valence-corrected chi connectivity index (χ2v) is 9.07. The molecule has 0 saturated heterocycles. The third-order valence-corrected chi connectivity index (χ3v) is 4.25. The van der Waals surface area contributed by atoms with Crippen LogP contribution in [0.3, 0.4) is 0 Å². The van der Waals surface area contributed by atoms with E-state index in [2.05, 4.69) is 11.9 Å². The van der Waals surface area contributed by atoms with Crippen molar-refractivity contribution in [1.82, 2.24) is 10.2 Å². The molecule has 178 valence electrons. The molecule has 11 nitrogen and oxygen atoms in total. The molecule has 13 heteroatoms. The van der Waals surface area contributed by atoms with Crippen LogP contribution in [0.25, 0.3) is 0 Å². The molecule has 0 aromatic rings. The first-order valence-corrected chi connectivity index (χ1v) is 11.3. The molecule has 0 aromatic heterocycles. The zero-order chi connectivity index (χ0) is 24.1. The standard InChI is InChI=1S/C19H32N2O9S.Na/c1-5-13-29-17(24)8-11-21(12-9-18(25)30-19(2,3)4)16(23)7-6-15(22)20-10-14-31(26,27)28;/h5H,1,6-14H2,2-4H3,(H,20,22)(H,26,27,28);/q;+1/p-1. The van der Waals surface area contributed by atoms with Gasteiger partial charge in [-0.1, -0.05) is 12.7 Å². The predicted octanol–water partition coefficient (Wildman–Crippen LogP) is -2.89. The Morgan fingerprint density at radius 1 is 1.03 bits per heavy atom. The summed E-state index contributed by atoms with van der Waals surface area (Å²) >= 11 is 0. The Hall–Kier alpha value is -1.47. The molecule has 0 spiro atoms. The fourth-order valence-corrected chi connectivity index (χ4v) is 2.56. The number of amides is 2. The van der Waals surface area contributed by atoms with Gasteiger partial charge in [-0.3, -0.25) is 19.2 Å². The number of carbonyl (C=O) groups excluding carboxylic acids is 4. The molecule has 0 heterocycles. The average molecular weight is 487 g/mol. The number of carbonyl (C=O) groups is 4. The summed E-state index contributed by atoms with van der Waals surface area (Å²) in [5.41, 5.74) is -0.684. The third kappa shape index (κ3) is 19.2. The molecular formula is C19H31N2NaO9S. The van der Waals surface area contributed by atoms with Crippen molar-refractivity contribution in [3.8, 4) is 0 Å². The van der Waals surface area contributed by atoms with Crippen molar-refractivity contribution in [2.24, 2.45) is 0 Å². The van der Waals surface area contributed by atoms with Crippen LogP contribution >= 0.6 is 0 Å². The zero-order valence-electron chi connectivity index (χ0n) is 19.2. The first-order chi connectivity index (χ1) is 14.2. The van der Waals surface area contributed by atoms with E-state index in [4.69, 9.17) is 9.47 Å². The maximum Gasteiger partial charge on any atom is 1.00 e. The summed E-state index contributed by atoms with van der Waals surface area (Å²) in [5.74, 6) is -2.90. The van der Waals surface area contributed by atoms with E-state index in [-0.39, 0.29) is 81.5 Å².